The van der Waals surface area contributed by atoms with E-state index in [0.717, 1.165) is 24.0 Å². The van der Waals surface area contributed by atoms with Crippen molar-refractivity contribution < 1.29 is 33.7 Å². The number of rotatable bonds is 4. The lowest BCUT2D eigenvalue weighted by Gasteiger charge is -2.32. The van der Waals surface area contributed by atoms with Crippen molar-refractivity contribution in [3.8, 4) is 0 Å². The number of carbonyl (C=O) groups is 3. The number of carbonyl (C=O) groups excluding carboxylic acids is 3. The highest BCUT2D eigenvalue weighted by Gasteiger charge is 2.47. The van der Waals surface area contributed by atoms with E-state index in [1.165, 1.54) is 20.8 Å². The highest BCUT2D eigenvalue weighted by atomic mass is 16.6. The van der Waals surface area contributed by atoms with E-state index < -0.39 is 47.7 Å². The van der Waals surface area contributed by atoms with E-state index >= 15 is 0 Å². The van der Waals surface area contributed by atoms with Crippen molar-refractivity contribution in [3.05, 3.63) is 35.5 Å². The van der Waals surface area contributed by atoms with Crippen LogP contribution in [0, 0.1) is 5.92 Å². The van der Waals surface area contributed by atoms with Gasteiger partial charge in [-0.05, 0) is 46.6 Å². The molecule has 0 spiro atoms. The van der Waals surface area contributed by atoms with Crippen molar-refractivity contribution in [2.75, 3.05) is 0 Å². The van der Waals surface area contributed by atoms with Crippen molar-refractivity contribution in [1.82, 2.24) is 0 Å². The summed E-state index contributed by atoms with van der Waals surface area (Å²) in [5.41, 5.74) is 0.243. The van der Waals surface area contributed by atoms with Gasteiger partial charge in [0.15, 0.2) is 5.60 Å². The molecular weight excluding hydrogens is 376 g/mol. The van der Waals surface area contributed by atoms with Gasteiger partial charge < -0.3 is 19.3 Å². The van der Waals surface area contributed by atoms with Crippen LogP contribution in [0.25, 0.3) is 0 Å². The molecule has 2 rings (SSSR count). The number of hydrogen-bond acceptors (Lipinski definition) is 7. The molecule has 0 saturated carbocycles. The van der Waals surface area contributed by atoms with Crippen molar-refractivity contribution in [2.45, 2.75) is 77.8 Å². The number of aliphatic hydroxyl groups is 1. The van der Waals surface area contributed by atoms with Gasteiger partial charge in [-0.1, -0.05) is 23.8 Å². The average Bonchev–Trinajstić information content (AvgIpc) is 2.86. The Kier molecular flexibility index (Phi) is 7.06. The largest absolute Gasteiger partial charge is 0.459 e. The van der Waals surface area contributed by atoms with Gasteiger partial charge in [0.1, 0.15) is 18.3 Å². The van der Waals surface area contributed by atoms with E-state index in [1.807, 2.05) is 19.9 Å². The molecule has 0 aromatic carbocycles. The molecule has 0 radical (unpaired) electrons. The quantitative estimate of drug-likeness (QED) is 0.332. The van der Waals surface area contributed by atoms with Gasteiger partial charge in [0.2, 0.25) is 0 Å². The first-order chi connectivity index (χ1) is 13.4. The Labute approximate surface area is 171 Å². The summed E-state index contributed by atoms with van der Waals surface area (Å²) < 4.78 is 16.1. The second-order valence-electron chi connectivity index (χ2n) is 8.07. The molecule has 1 aliphatic carbocycles. The maximum Gasteiger partial charge on any atom is 0.342 e. The molecule has 5 atom stereocenters. The number of allylic oxidation sites excluding steroid dienone is 2. The van der Waals surface area contributed by atoms with Crippen LogP contribution in [0.3, 0.4) is 0 Å². The topological polar surface area (TPSA) is 99.1 Å². The van der Waals surface area contributed by atoms with Gasteiger partial charge in [-0.15, -0.1) is 0 Å². The van der Waals surface area contributed by atoms with E-state index in [4.69, 9.17) is 14.2 Å². The highest BCUT2D eigenvalue weighted by molar-refractivity contribution is 5.91. The first-order valence-electron chi connectivity index (χ1n) is 9.76. The van der Waals surface area contributed by atoms with Crippen LogP contribution in [-0.4, -0.2) is 46.9 Å². The van der Waals surface area contributed by atoms with Crippen LogP contribution < -0.4 is 0 Å². The summed E-state index contributed by atoms with van der Waals surface area (Å²) in [5.74, 6) is -2.65. The minimum atomic E-state index is -2.05. The van der Waals surface area contributed by atoms with Crippen LogP contribution >= 0.6 is 0 Å². The third kappa shape index (κ3) is 5.35. The first-order valence-corrected chi connectivity index (χ1v) is 9.76. The van der Waals surface area contributed by atoms with Crippen LogP contribution in [0.4, 0.5) is 0 Å². The zero-order valence-electron chi connectivity index (χ0n) is 17.7. The van der Waals surface area contributed by atoms with Gasteiger partial charge in [-0.25, -0.2) is 9.59 Å². The van der Waals surface area contributed by atoms with Gasteiger partial charge in [-0.3, -0.25) is 4.79 Å². The highest BCUT2D eigenvalue weighted by Crippen LogP contribution is 2.36. The van der Waals surface area contributed by atoms with Gasteiger partial charge in [0, 0.05) is 18.9 Å². The number of fused-ring (bicyclic) bond motifs is 1. The zero-order chi connectivity index (χ0) is 21.9. The van der Waals surface area contributed by atoms with Crippen LogP contribution in [0.5, 0.6) is 0 Å². The van der Waals surface area contributed by atoms with Crippen molar-refractivity contribution >= 4 is 17.9 Å². The van der Waals surface area contributed by atoms with Crippen LogP contribution in [0.2, 0.25) is 0 Å². The van der Waals surface area contributed by atoms with Crippen LogP contribution in [0.15, 0.2) is 35.5 Å². The Morgan fingerprint density at radius 2 is 2.00 bits per heavy atom. The Morgan fingerprint density at radius 3 is 2.62 bits per heavy atom. The third-order valence-electron chi connectivity index (χ3n) is 5.47. The summed E-state index contributed by atoms with van der Waals surface area (Å²) >= 11 is 0. The fourth-order valence-electron chi connectivity index (χ4n) is 3.52. The fraction of sp³-hybridized carbons (Fsp3) is 0.591. The maximum absolute atomic E-state index is 12.8. The molecule has 0 aromatic heterocycles. The maximum atomic E-state index is 12.8. The molecule has 7 nitrogen and oxygen atoms in total. The molecule has 0 bridgehead atoms. The minimum absolute atomic E-state index is 0.234. The molecule has 1 saturated heterocycles. The number of esters is 3. The smallest absolute Gasteiger partial charge is 0.342 e. The molecule has 1 fully saturated rings. The molecule has 7 heteroatoms. The van der Waals surface area contributed by atoms with Gasteiger partial charge >= 0.3 is 17.9 Å². The Bertz CT molecular complexity index is 759. The number of hydrogen-bond donors (Lipinski definition) is 1. The standard InChI is InChI=1S/C22H30O7/c1-12-8-7-9-13(2)11-18(19-14(3)20(24)28-17(19)10-12)29-21(25)22(6,26)15(4)27-16(5)23/h9-10,15,17-19,26H,3,7-8,11H2,1-2,4-6H3. The predicted octanol–water partition coefficient (Wildman–Crippen LogP) is 2.78. The minimum Gasteiger partial charge on any atom is -0.459 e. The molecule has 160 valence electrons. The van der Waals surface area contributed by atoms with Gasteiger partial charge in [0.25, 0.3) is 0 Å². The van der Waals surface area contributed by atoms with Gasteiger partial charge in [0.05, 0.1) is 5.92 Å². The second-order valence-corrected chi connectivity index (χ2v) is 8.07. The monoisotopic (exact) mass is 406 g/mol. The summed E-state index contributed by atoms with van der Waals surface area (Å²) in [5, 5.41) is 10.6. The Morgan fingerprint density at radius 1 is 1.34 bits per heavy atom. The summed E-state index contributed by atoms with van der Waals surface area (Å²) in [6.07, 6.45) is 3.51. The molecule has 1 heterocycles. The zero-order valence-corrected chi connectivity index (χ0v) is 17.7. The average molecular weight is 406 g/mol. The van der Waals surface area contributed by atoms with Crippen LogP contribution in [0.1, 0.15) is 53.9 Å². The Balaban J connectivity index is 2.34. The molecule has 2 aliphatic rings. The van der Waals surface area contributed by atoms with Crippen LogP contribution in [-0.2, 0) is 28.6 Å². The summed E-state index contributed by atoms with van der Waals surface area (Å²) in [7, 11) is 0. The van der Waals surface area contributed by atoms with E-state index in [0.29, 0.717) is 6.42 Å². The fourth-order valence-corrected chi connectivity index (χ4v) is 3.52. The summed E-state index contributed by atoms with van der Waals surface area (Å²) in [6.45, 7) is 11.6. The van der Waals surface area contributed by atoms with Crippen molar-refractivity contribution in [3.63, 3.8) is 0 Å². The molecule has 0 amide bonds. The number of ether oxygens (including phenoxy) is 3. The van der Waals surface area contributed by atoms with Gasteiger partial charge in [-0.2, -0.15) is 0 Å². The normalized spacial score (nSPS) is 28.1. The molecule has 1 aliphatic heterocycles. The lowest BCUT2D eigenvalue weighted by molar-refractivity contribution is -0.188. The third-order valence-corrected chi connectivity index (χ3v) is 5.47. The lowest BCUT2D eigenvalue weighted by atomic mass is 9.85. The van der Waals surface area contributed by atoms with E-state index in [1.54, 1.807) is 0 Å². The van der Waals surface area contributed by atoms with E-state index in [-0.39, 0.29) is 5.57 Å². The Hall–Kier alpha value is -2.41. The summed E-state index contributed by atoms with van der Waals surface area (Å²) in [4.78, 5) is 36.2. The molecule has 29 heavy (non-hydrogen) atoms. The lowest BCUT2D eigenvalue weighted by Crippen LogP contribution is -2.50. The first kappa shape index (κ1) is 22.9. The second kappa shape index (κ2) is 8.95. The van der Waals surface area contributed by atoms with E-state index in [2.05, 4.69) is 12.7 Å². The predicted molar refractivity (Wildman–Crippen MR) is 106 cm³/mol. The molecule has 1 N–H and O–H groups in total. The van der Waals surface area contributed by atoms with Crippen molar-refractivity contribution in [2.24, 2.45) is 5.92 Å². The molecule has 0 aromatic rings. The molecule has 5 unspecified atom stereocenters. The summed E-state index contributed by atoms with van der Waals surface area (Å²) in [6, 6.07) is 0. The van der Waals surface area contributed by atoms with E-state index in [9.17, 15) is 19.5 Å². The van der Waals surface area contributed by atoms with Crippen molar-refractivity contribution in [1.29, 1.82) is 0 Å². The SMILES string of the molecule is C=C1C(=O)OC2C=C(C)CCC=C(C)CC(OC(=O)C(C)(O)C(C)OC(C)=O)C12. The molecular formula is C22H30O7.